The zero-order chi connectivity index (χ0) is 28.1. The van der Waals surface area contributed by atoms with E-state index in [1.165, 1.54) is 0 Å². The third-order valence-corrected chi connectivity index (χ3v) is 7.73. The van der Waals surface area contributed by atoms with E-state index in [1.807, 2.05) is 66.7 Å². The van der Waals surface area contributed by atoms with Crippen molar-refractivity contribution in [2.75, 3.05) is 6.61 Å². The highest BCUT2D eigenvalue weighted by atomic mass is 35.5. The van der Waals surface area contributed by atoms with Crippen molar-refractivity contribution in [3.8, 4) is 17.2 Å². The summed E-state index contributed by atoms with van der Waals surface area (Å²) in [5.41, 5.74) is 4.09. The number of carbonyl (C=O) groups is 1. The lowest BCUT2D eigenvalue weighted by Crippen LogP contribution is -2.38. The van der Waals surface area contributed by atoms with Gasteiger partial charge in [-0.2, -0.15) is 0 Å². The molecule has 0 aromatic heterocycles. The summed E-state index contributed by atoms with van der Waals surface area (Å²) in [5, 5.41) is 4.50. The van der Waals surface area contributed by atoms with Gasteiger partial charge in [-0.15, -0.1) is 0 Å². The number of halogens is 2. The number of benzene rings is 4. The Bertz CT molecular complexity index is 1460. The number of hydrogen-bond acceptors (Lipinski definition) is 5. The molecule has 0 saturated carbocycles. The summed E-state index contributed by atoms with van der Waals surface area (Å²) < 4.78 is 18.3. The topological polar surface area (TPSA) is 56.8 Å². The highest BCUT2D eigenvalue weighted by molar-refractivity contribution is 6.42. The van der Waals surface area contributed by atoms with Gasteiger partial charge in [-0.05, 0) is 78.9 Å². The Hall–Kier alpha value is -3.51. The SMILES string of the molecule is CC(=O)[C@H](Cc1ccc2c(c1)OC[C@H](c1ccc(OCc3ccc(Cl)c(Cl)c3)cc1)O2)N[C@@H](C)c1ccccc1. The first kappa shape index (κ1) is 28.0. The minimum Gasteiger partial charge on any atom is -0.489 e. The largest absolute Gasteiger partial charge is 0.489 e. The van der Waals surface area contributed by atoms with Crippen molar-refractivity contribution < 1.29 is 19.0 Å². The summed E-state index contributed by atoms with van der Waals surface area (Å²) in [7, 11) is 0. The monoisotopic (exact) mass is 575 g/mol. The van der Waals surface area contributed by atoms with Gasteiger partial charge in [0.2, 0.25) is 0 Å². The number of ether oxygens (including phenoxy) is 3. The van der Waals surface area contributed by atoms with Gasteiger partial charge in [0.1, 0.15) is 24.7 Å². The first-order valence-corrected chi connectivity index (χ1v) is 14.0. The van der Waals surface area contributed by atoms with Crippen LogP contribution >= 0.6 is 23.2 Å². The molecule has 0 spiro atoms. The van der Waals surface area contributed by atoms with Crippen LogP contribution in [-0.2, 0) is 17.8 Å². The van der Waals surface area contributed by atoms with E-state index in [4.69, 9.17) is 37.4 Å². The van der Waals surface area contributed by atoms with Crippen LogP contribution in [-0.4, -0.2) is 18.4 Å². The minimum absolute atomic E-state index is 0.0563. The molecule has 7 heteroatoms. The molecule has 0 unspecified atom stereocenters. The third kappa shape index (κ3) is 6.97. The second kappa shape index (κ2) is 12.8. The number of ketones is 1. The van der Waals surface area contributed by atoms with E-state index in [0.717, 1.165) is 28.0 Å². The van der Waals surface area contributed by atoms with Crippen molar-refractivity contribution in [2.24, 2.45) is 0 Å². The van der Waals surface area contributed by atoms with E-state index in [9.17, 15) is 4.79 Å². The van der Waals surface area contributed by atoms with E-state index in [2.05, 4.69) is 24.4 Å². The number of nitrogens with one attached hydrogen (secondary N) is 1. The van der Waals surface area contributed by atoms with Gasteiger partial charge in [-0.3, -0.25) is 4.79 Å². The molecule has 4 aromatic carbocycles. The first-order chi connectivity index (χ1) is 19.4. The fourth-order valence-electron chi connectivity index (χ4n) is 4.68. The Kier molecular flexibility index (Phi) is 8.95. The lowest BCUT2D eigenvalue weighted by atomic mass is 10.00. The van der Waals surface area contributed by atoms with E-state index in [1.54, 1.807) is 19.1 Å². The predicted octanol–water partition coefficient (Wildman–Crippen LogP) is 7.94. The lowest BCUT2D eigenvalue weighted by molar-refractivity contribution is -0.119. The van der Waals surface area contributed by atoms with Crippen molar-refractivity contribution in [1.82, 2.24) is 5.32 Å². The van der Waals surface area contributed by atoms with Gasteiger partial charge in [0.05, 0.1) is 16.1 Å². The van der Waals surface area contributed by atoms with Crippen LogP contribution in [0, 0.1) is 0 Å². The van der Waals surface area contributed by atoms with Crippen LogP contribution in [0.5, 0.6) is 17.2 Å². The van der Waals surface area contributed by atoms with E-state index >= 15 is 0 Å². The van der Waals surface area contributed by atoms with Crippen molar-refractivity contribution >= 4 is 29.0 Å². The second-order valence-corrected chi connectivity index (χ2v) is 10.8. The predicted molar refractivity (Wildman–Crippen MR) is 159 cm³/mol. The average Bonchev–Trinajstić information content (AvgIpc) is 2.97. The molecule has 5 nitrogen and oxygen atoms in total. The number of fused-ring (bicyclic) bond motifs is 1. The maximum Gasteiger partial charge on any atom is 0.162 e. The van der Waals surface area contributed by atoms with Crippen molar-refractivity contribution in [2.45, 2.75) is 45.1 Å². The van der Waals surface area contributed by atoms with Gasteiger partial charge in [-0.1, -0.05) is 77.8 Å². The van der Waals surface area contributed by atoms with Crippen LogP contribution in [0.1, 0.15) is 48.2 Å². The number of rotatable bonds is 10. The molecule has 40 heavy (non-hydrogen) atoms. The van der Waals surface area contributed by atoms with Crippen LogP contribution in [0.15, 0.2) is 91.0 Å². The van der Waals surface area contributed by atoms with Crippen molar-refractivity contribution in [3.63, 3.8) is 0 Å². The summed E-state index contributed by atoms with van der Waals surface area (Å²) in [6.45, 7) is 4.48. The van der Waals surface area contributed by atoms with Crippen LogP contribution in [0.25, 0.3) is 0 Å². The van der Waals surface area contributed by atoms with Gasteiger partial charge in [0.15, 0.2) is 17.6 Å². The van der Waals surface area contributed by atoms with Gasteiger partial charge in [0, 0.05) is 6.04 Å². The van der Waals surface area contributed by atoms with Crippen LogP contribution in [0.2, 0.25) is 10.0 Å². The molecule has 1 aliphatic heterocycles. The molecule has 206 valence electrons. The molecular formula is C33H31Cl2NO4. The maximum atomic E-state index is 12.4. The highest BCUT2D eigenvalue weighted by Gasteiger charge is 2.24. The zero-order valence-electron chi connectivity index (χ0n) is 22.4. The average molecular weight is 577 g/mol. The first-order valence-electron chi connectivity index (χ1n) is 13.3. The number of hydrogen-bond donors (Lipinski definition) is 1. The molecule has 1 N–H and O–H groups in total. The number of carbonyl (C=O) groups excluding carboxylic acids is 1. The molecule has 5 rings (SSSR count). The normalized spacial score (nSPS) is 15.8. The molecule has 0 radical (unpaired) electrons. The summed E-state index contributed by atoms with van der Waals surface area (Å²) in [5.74, 6) is 2.22. The van der Waals surface area contributed by atoms with Crippen LogP contribution in [0.4, 0.5) is 0 Å². The highest BCUT2D eigenvalue weighted by Crippen LogP contribution is 2.37. The summed E-state index contributed by atoms with van der Waals surface area (Å²) >= 11 is 12.1. The smallest absolute Gasteiger partial charge is 0.162 e. The molecule has 0 fully saturated rings. The Morgan fingerprint density at radius 1 is 0.925 bits per heavy atom. The Balaban J connectivity index is 1.18. The maximum absolute atomic E-state index is 12.4. The third-order valence-electron chi connectivity index (χ3n) is 6.99. The summed E-state index contributed by atoms with van der Waals surface area (Å²) in [6, 6.07) is 29.0. The Morgan fingerprint density at radius 2 is 1.68 bits per heavy atom. The second-order valence-electron chi connectivity index (χ2n) is 9.97. The molecule has 0 amide bonds. The van der Waals surface area contributed by atoms with Gasteiger partial charge in [-0.25, -0.2) is 0 Å². The van der Waals surface area contributed by atoms with Crippen LogP contribution in [0.3, 0.4) is 0 Å². The van der Waals surface area contributed by atoms with Gasteiger partial charge < -0.3 is 19.5 Å². The number of Topliss-reactive ketones (excluding diaryl/α,β-unsaturated/α-hetero) is 1. The molecule has 1 aliphatic rings. The Morgan fingerprint density at radius 3 is 2.40 bits per heavy atom. The van der Waals surface area contributed by atoms with Crippen molar-refractivity contribution in [1.29, 1.82) is 0 Å². The molecule has 4 aromatic rings. The Labute approximate surface area is 245 Å². The van der Waals surface area contributed by atoms with E-state index < -0.39 is 0 Å². The lowest BCUT2D eigenvalue weighted by Gasteiger charge is -2.28. The molecule has 1 heterocycles. The van der Waals surface area contributed by atoms with Crippen molar-refractivity contribution in [3.05, 3.63) is 123 Å². The van der Waals surface area contributed by atoms with E-state index in [-0.39, 0.29) is 24.0 Å². The van der Waals surface area contributed by atoms with E-state index in [0.29, 0.717) is 41.2 Å². The molecule has 0 bridgehead atoms. The molecule has 3 atom stereocenters. The molecule has 0 aliphatic carbocycles. The molecular weight excluding hydrogens is 545 g/mol. The quantitative estimate of drug-likeness (QED) is 0.208. The standard InChI is InChI=1S/C33H31Cl2NO4/c1-21(25-6-4-3-5-7-25)36-30(22(2)37)17-23-9-15-31-32(18-23)39-20-33(40-31)26-10-12-27(13-11-26)38-19-24-8-14-28(34)29(35)16-24/h3-16,18,21,30,33,36H,17,19-20H2,1-2H3/t21-,30-,33+/m0/s1. The van der Waals surface area contributed by atoms with Crippen LogP contribution < -0.4 is 19.5 Å². The van der Waals surface area contributed by atoms with Gasteiger partial charge >= 0.3 is 0 Å². The molecule has 0 saturated heterocycles. The zero-order valence-corrected chi connectivity index (χ0v) is 23.9. The van der Waals surface area contributed by atoms with Gasteiger partial charge in [0.25, 0.3) is 0 Å². The fourth-order valence-corrected chi connectivity index (χ4v) is 5.00. The summed E-state index contributed by atoms with van der Waals surface area (Å²) in [6.07, 6.45) is 0.330. The fraction of sp³-hybridized carbons (Fsp3) is 0.242. The summed E-state index contributed by atoms with van der Waals surface area (Å²) in [4.78, 5) is 12.4. The minimum atomic E-state index is -0.303.